The van der Waals surface area contributed by atoms with E-state index in [9.17, 15) is 0 Å². The van der Waals surface area contributed by atoms with Gasteiger partial charge in [-0.25, -0.2) is 9.97 Å². The van der Waals surface area contributed by atoms with Crippen LogP contribution in [-0.4, -0.2) is 23.6 Å². The minimum Gasteiger partial charge on any atom is -0.490 e. The molecule has 0 aliphatic rings. The molecule has 0 bridgehead atoms. The number of rotatable bonds is 4. The summed E-state index contributed by atoms with van der Waals surface area (Å²) in [5.74, 6) is 1.54. The Labute approximate surface area is 113 Å². The molecule has 19 heavy (non-hydrogen) atoms. The lowest BCUT2D eigenvalue weighted by atomic mass is 10.2. The Morgan fingerprint density at radius 1 is 1.26 bits per heavy atom. The molecule has 1 aromatic carbocycles. The molecule has 100 valence electrons. The fraction of sp³-hybridized carbons (Fsp3) is 0.286. The summed E-state index contributed by atoms with van der Waals surface area (Å²) >= 11 is 0. The SMILES string of the molecule is CCN(c1ccccc1C)c1ncnc(N)c1OC. The monoisotopic (exact) mass is 258 g/mol. The second-order valence-corrected chi connectivity index (χ2v) is 4.15. The highest BCUT2D eigenvalue weighted by Crippen LogP contribution is 2.35. The molecule has 2 rings (SSSR count). The predicted molar refractivity (Wildman–Crippen MR) is 76.9 cm³/mol. The van der Waals surface area contributed by atoms with Gasteiger partial charge in [0.2, 0.25) is 5.75 Å². The molecule has 5 nitrogen and oxygen atoms in total. The number of hydrogen-bond acceptors (Lipinski definition) is 5. The zero-order chi connectivity index (χ0) is 13.8. The van der Waals surface area contributed by atoms with Crippen LogP contribution >= 0.6 is 0 Å². The zero-order valence-corrected chi connectivity index (χ0v) is 11.4. The third-order valence-electron chi connectivity index (χ3n) is 2.99. The first-order chi connectivity index (χ1) is 9.19. The van der Waals surface area contributed by atoms with E-state index in [4.69, 9.17) is 10.5 Å². The van der Waals surface area contributed by atoms with Crippen LogP contribution in [0.3, 0.4) is 0 Å². The summed E-state index contributed by atoms with van der Waals surface area (Å²) in [5.41, 5.74) is 8.09. The molecule has 0 spiro atoms. The first-order valence-electron chi connectivity index (χ1n) is 6.16. The van der Waals surface area contributed by atoms with Crippen LogP contribution in [-0.2, 0) is 0 Å². The lowest BCUT2D eigenvalue weighted by Crippen LogP contribution is -2.20. The first-order valence-corrected chi connectivity index (χ1v) is 6.16. The molecule has 0 saturated heterocycles. The molecule has 0 fully saturated rings. The van der Waals surface area contributed by atoms with E-state index in [2.05, 4.69) is 40.8 Å². The number of aromatic nitrogens is 2. The lowest BCUT2D eigenvalue weighted by molar-refractivity contribution is 0.414. The summed E-state index contributed by atoms with van der Waals surface area (Å²) in [5, 5.41) is 0. The number of nitrogens with zero attached hydrogens (tertiary/aromatic N) is 3. The molecule has 0 aliphatic heterocycles. The Morgan fingerprint density at radius 2 is 2.00 bits per heavy atom. The van der Waals surface area contributed by atoms with E-state index in [1.807, 2.05) is 12.1 Å². The molecule has 0 aliphatic carbocycles. The van der Waals surface area contributed by atoms with Crippen molar-refractivity contribution in [1.82, 2.24) is 9.97 Å². The van der Waals surface area contributed by atoms with E-state index in [1.165, 1.54) is 11.9 Å². The number of hydrogen-bond donors (Lipinski definition) is 1. The van der Waals surface area contributed by atoms with E-state index in [0.717, 1.165) is 12.2 Å². The number of ether oxygens (including phenoxy) is 1. The number of benzene rings is 1. The molecular weight excluding hydrogens is 240 g/mol. The van der Waals surface area contributed by atoms with E-state index in [0.29, 0.717) is 17.4 Å². The summed E-state index contributed by atoms with van der Waals surface area (Å²) < 4.78 is 5.33. The fourth-order valence-corrected chi connectivity index (χ4v) is 2.07. The van der Waals surface area contributed by atoms with Crippen molar-refractivity contribution in [3.8, 4) is 5.75 Å². The van der Waals surface area contributed by atoms with Crippen molar-refractivity contribution in [2.75, 3.05) is 24.3 Å². The Morgan fingerprint density at radius 3 is 2.63 bits per heavy atom. The summed E-state index contributed by atoms with van der Waals surface area (Å²) in [6.45, 7) is 4.89. The lowest BCUT2D eigenvalue weighted by Gasteiger charge is -2.25. The molecule has 2 aromatic rings. The van der Waals surface area contributed by atoms with Gasteiger partial charge in [-0.15, -0.1) is 0 Å². The van der Waals surface area contributed by atoms with Crippen molar-refractivity contribution in [3.05, 3.63) is 36.2 Å². The van der Waals surface area contributed by atoms with Gasteiger partial charge in [0.1, 0.15) is 6.33 Å². The average molecular weight is 258 g/mol. The number of nitrogen functional groups attached to an aromatic ring is 1. The smallest absolute Gasteiger partial charge is 0.204 e. The van der Waals surface area contributed by atoms with Gasteiger partial charge in [-0.3, -0.25) is 0 Å². The molecule has 1 aromatic heterocycles. The Balaban J connectivity index is 2.55. The maximum Gasteiger partial charge on any atom is 0.204 e. The molecule has 5 heteroatoms. The quantitative estimate of drug-likeness (QED) is 0.913. The van der Waals surface area contributed by atoms with E-state index < -0.39 is 0 Å². The van der Waals surface area contributed by atoms with Gasteiger partial charge in [0.15, 0.2) is 11.6 Å². The maximum atomic E-state index is 5.84. The largest absolute Gasteiger partial charge is 0.490 e. The normalized spacial score (nSPS) is 10.3. The van der Waals surface area contributed by atoms with Crippen LogP contribution in [0.2, 0.25) is 0 Å². The Hall–Kier alpha value is -2.30. The van der Waals surface area contributed by atoms with Gasteiger partial charge in [0, 0.05) is 12.2 Å². The van der Waals surface area contributed by atoms with Gasteiger partial charge >= 0.3 is 0 Å². The fourth-order valence-electron chi connectivity index (χ4n) is 2.07. The summed E-state index contributed by atoms with van der Waals surface area (Å²) in [7, 11) is 1.57. The van der Waals surface area contributed by atoms with Gasteiger partial charge in [-0.1, -0.05) is 18.2 Å². The molecule has 0 saturated carbocycles. The van der Waals surface area contributed by atoms with Crippen LogP contribution in [0.15, 0.2) is 30.6 Å². The van der Waals surface area contributed by atoms with Crippen molar-refractivity contribution in [1.29, 1.82) is 0 Å². The number of methoxy groups -OCH3 is 1. The predicted octanol–water partition coefficient (Wildman–Crippen LogP) is 2.53. The van der Waals surface area contributed by atoms with Crippen LogP contribution in [0, 0.1) is 6.92 Å². The van der Waals surface area contributed by atoms with Crippen molar-refractivity contribution >= 4 is 17.3 Å². The minimum atomic E-state index is 0.347. The van der Waals surface area contributed by atoms with Crippen molar-refractivity contribution in [2.45, 2.75) is 13.8 Å². The van der Waals surface area contributed by atoms with Gasteiger partial charge in [0.05, 0.1) is 7.11 Å². The first kappa shape index (κ1) is 13.1. The average Bonchev–Trinajstić information content (AvgIpc) is 2.42. The molecular formula is C14H18N4O. The summed E-state index contributed by atoms with van der Waals surface area (Å²) in [4.78, 5) is 10.3. The second-order valence-electron chi connectivity index (χ2n) is 4.15. The topological polar surface area (TPSA) is 64.3 Å². The van der Waals surface area contributed by atoms with Gasteiger partial charge in [-0.05, 0) is 25.5 Å². The standard InChI is InChI=1S/C14H18N4O/c1-4-18(11-8-6-5-7-10(11)2)14-12(19-3)13(15)16-9-17-14/h5-9H,4H2,1-3H3,(H2,15,16,17). The van der Waals surface area contributed by atoms with E-state index >= 15 is 0 Å². The number of anilines is 3. The molecule has 0 amide bonds. The van der Waals surface area contributed by atoms with Crippen molar-refractivity contribution in [3.63, 3.8) is 0 Å². The highest BCUT2D eigenvalue weighted by atomic mass is 16.5. The molecule has 1 heterocycles. The van der Waals surface area contributed by atoms with Crippen LogP contribution in [0.25, 0.3) is 0 Å². The minimum absolute atomic E-state index is 0.347. The molecule has 2 N–H and O–H groups in total. The summed E-state index contributed by atoms with van der Waals surface area (Å²) in [6.07, 6.45) is 1.45. The Bertz CT molecular complexity index is 571. The van der Waals surface area contributed by atoms with Crippen LogP contribution in [0.5, 0.6) is 5.75 Å². The molecule has 0 unspecified atom stereocenters. The highest BCUT2D eigenvalue weighted by Gasteiger charge is 2.18. The molecule has 0 radical (unpaired) electrons. The third kappa shape index (κ3) is 2.45. The van der Waals surface area contributed by atoms with E-state index in [1.54, 1.807) is 7.11 Å². The van der Waals surface area contributed by atoms with E-state index in [-0.39, 0.29) is 0 Å². The Kier molecular flexibility index (Phi) is 3.85. The number of para-hydroxylation sites is 1. The van der Waals surface area contributed by atoms with Crippen LogP contribution in [0.1, 0.15) is 12.5 Å². The van der Waals surface area contributed by atoms with Crippen molar-refractivity contribution < 1.29 is 4.74 Å². The number of nitrogens with two attached hydrogens (primary N) is 1. The van der Waals surface area contributed by atoms with Gasteiger partial charge in [-0.2, -0.15) is 0 Å². The number of aryl methyl sites for hydroxylation is 1. The van der Waals surface area contributed by atoms with Gasteiger partial charge in [0.25, 0.3) is 0 Å². The van der Waals surface area contributed by atoms with Crippen molar-refractivity contribution in [2.24, 2.45) is 0 Å². The zero-order valence-electron chi connectivity index (χ0n) is 11.4. The maximum absolute atomic E-state index is 5.84. The van der Waals surface area contributed by atoms with Gasteiger partial charge < -0.3 is 15.4 Å². The molecule has 0 atom stereocenters. The van der Waals surface area contributed by atoms with Crippen LogP contribution in [0.4, 0.5) is 17.3 Å². The summed E-state index contributed by atoms with van der Waals surface area (Å²) in [6, 6.07) is 8.13. The third-order valence-corrected chi connectivity index (χ3v) is 2.99. The highest BCUT2D eigenvalue weighted by molar-refractivity contribution is 5.71. The van der Waals surface area contributed by atoms with Crippen LogP contribution < -0.4 is 15.4 Å². The second kappa shape index (κ2) is 5.56.